The summed E-state index contributed by atoms with van der Waals surface area (Å²) in [6.45, 7) is 5.70. The number of carbonyl (C=O) groups is 1. The average molecular weight is 382 g/mol. The predicted octanol–water partition coefficient (Wildman–Crippen LogP) is 2.47. The number of hydrogen-bond acceptors (Lipinski definition) is 5. The summed E-state index contributed by atoms with van der Waals surface area (Å²) in [5.41, 5.74) is 3.53. The van der Waals surface area contributed by atoms with Crippen molar-refractivity contribution in [2.75, 3.05) is 6.54 Å². The van der Waals surface area contributed by atoms with Crippen LogP contribution in [0.25, 0.3) is 0 Å². The van der Waals surface area contributed by atoms with Gasteiger partial charge in [0, 0.05) is 24.3 Å². The fourth-order valence-corrected chi connectivity index (χ4v) is 2.92. The standard InChI is InChI=1S/C19H22N6O3/c1-14-10-15(2)24(22-14)9-3-8-20-19(26)17-6-4-16(5-7-17)12-23-13-18(11-21-23)25(27)28/h4-7,10-11,13H,3,8-9,12H2,1-2H3,(H,20,26). The van der Waals surface area contributed by atoms with Gasteiger partial charge in [-0.1, -0.05) is 12.1 Å². The number of aromatic nitrogens is 4. The molecule has 146 valence electrons. The van der Waals surface area contributed by atoms with Crippen LogP contribution >= 0.6 is 0 Å². The molecule has 0 aliphatic carbocycles. The summed E-state index contributed by atoms with van der Waals surface area (Å²) in [6, 6.07) is 9.14. The molecule has 0 fully saturated rings. The Labute approximate surface area is 162 Å². The lowest BCUT2D eigenvalue weighted by Crippen LogP contribution is -2.25. The predicted molar refractivity (Wildman–Crippen MR) is 103 cm³/mol. The third-order valence-corrected chi connectivity index (χ3v) is 4.33. The van der Waals surface area contributed by atoms with E-state index in [1.807, 2.05) is 36.7 Å². The molecule has 9 nitrogen and oxygen atoms in total. The van der Waals surface area contributed by atoms with Gasteiger partial charge in [-0.3, -0.25) is 24.3 Å². The first-order chi connectivity index (χ1) is 13.4. The van der Waals surface area contributed by atoms with Crippen molar-refractivity contribution in [2.24, 2.45) is 0 Å². The summed E-state index contributed by atoms with van der Waals surface area (Å²) in [6.07, 6.45) is 3.39. The molecule has 0 spiro atoms. The van der Waals surface area contributed by atoms with Gasteiger partial charge >= 0.3 is 5.69 Å². The Morgan fingerprint density at radius 3 is 2.61 bits per heavy atom. The van der Waals surface area contributed by atoms with Crippen LogP contribution in [-0.2, 0) is 13.1 Å². The molecule has 0 aliphatic heterocycles. The summed E-state index contributed by atoms with van der Waals surface area (Å²) in [5.74, 6) is -0.130. The molecule has 0 radical (unpaired) electrons. The average Bonchev–Trinajstić information content (AvgIpc) is 3.25. The van der Waals surface area contributed by atoms with Gasteiger partial charge in [-0.25, -0.2) is 0 Å². The Morgan fingerprint density at radius 1 is 1.25 bits per heavy atom. The maximum absolute atomic E-state index is 12.2. The van der Waals surface area contributed by atoms with Gasteiger partial charge in [-0.2, -0.15) is 10.2 Å². The Hall–Kier alpha value is -3.49. The van der Waals surface area contributed by atoms with Crippen molar-refractivity contribution >= 4 is 11.6 Å². The maximum atomic E-state index is 12.2. The zero-order chi connectivity index (χ0) is 20.1. The third kappa shape index (κ3) is 4.81. The number of nitro groups is 1. The quantitative estimate of drug-likeness (QED) is 0.366. The van der Waals surface area contributed by atoms with Crippen molar-refractivity contribution in [1.82, 2.24) is 24.9 Å². The van der Waals surface area contributed by atoms with E-state index in [1.54, 1.807) is 12.1 Å². The van der Waals surface area contributed by atoms with E-state index in [0.717, 1.165) is 29.9 Å². The van der Waals surface area contributed by atoms with E-state index in [2.05, 4.69) is 15.5 Å². The van der Waals surface area contributed by atoms with Gasteiger partial charge < -0.3 is 5.32 Å². The minimum atomic E-state index is -0.480. The molecule has 0 unspecified atom stereocenters. The highest BCUT2D eigenvalue weighted by molar-refractivity contribution is 5.94. The van der Waals surface area contributed by atoms with Crippen LogP contribution in [0.1, 0.15) is 33.7 Å². The molecule has 0 saturated heterocycles. The van der Waals surface area contributed by atoms with Crippen molar-refractivity contribution < 1.29 is 9.72 Å². The van der Waals surface area contributed by atoms with E-state index in [4.69, 9.17) is 0 Å². The van der Waals surface area contributed by atoms with E-state index >= 15 is 0 Å². The molecule has 1 aromatic carbocycles. The molecule has 28 heavy (non-hydrogen) atoms. The molecular weight excluding hydrogens is 360 g/mol. The molecule has 1 N–H and O–H groups in total. The number of benzene rings is 1. The van der Waals surface area contributed by atoms with E-state index in [0.29, 0.717) is 18.7 Å². The fraction of sp³-hybridized carbons (Fsp3) is 0.316. The number of amides is 1. The number of nitrogens with one attached hydrogen (secondary N) is 1. The Balaban J connectivity index is 1.47. The van der Waals surface area contributed by atoms with E-state index in [-0.39, 0.29) is 11.6 Å². The molecule has 0 saturated carbocycles. The first-order valence-corrected chi connectivity index (χ1v) is 8.97. The number of aryl methyl sites for hydroxylation is 3. The van der Waals surface area contributed by atoms with Crippen LogP contribution in [0.2, 0.25) is 0 Å². The number of carbonyl (C=O) groups excluding carboxylic acids is 1. The van der Waals surface area contributed by atoms with Gasteiger partial charge in [0.05, 0.1) is 17.2 Å². The molecule has 1 amide bonds. The molecule has 0 aliphatic rings. The van der Waals surface area contributed by atoms with E-state index in [1.165, 1.54) is 17.1 Å². The maximum Gasteiger partial charge on any atom is 0.307 e. The molecule has 9 heteroatoms. The van der Waals surface area contributed by atoms with Crippen molar-refractivity contribution in [1.29, 1.82) is 0 Å². The Kier molecular flexibility index (Phi) is 5.83. The monoisotopic (exact) mass is 382 g/mol. The fourth-order valence-electron chi connectivity index (χ4n) is 2.92. The van der Waals surface area contributed by atoms with Crippen molar-refractivity contribution in [2.45, 2.75) is 33.4 Å². The summed E-state index contributed by atoms with van der Waals surface area (Å²) in [7, 11) is 0. The SMILES string of the molecule is Cc1cc(C)n(CCCNC(=O)c2ccc(Cn3cc([N+](=O)[O-])cn3)cc2)n1. The lowest BCUT2D eigenvalue weighted by atomic mass is 10.1. The van der Waals surface area contributed by atoms with E-state index in [9.17, 15) is 14.9 Å². The smallest absolute Gasteiger partial charge is 0.307 e. The highest BCUT2D eigenvalue weighted by Crippen LogP contribution is 2.11. The van der Waals surface area contributed by atoms with Crippen LogP contribution in [0, 0.1) is 24.0 Å². The van der Waals surface area contributed by atoms with Gasteiger partial charge in [0.25, 0.3) is 5.91 Å². The summed E-state index contributed by atoms with van der Waals surface area (Å²) in [5, 5.41) is 22.0. The summed E-state index contributed by atoms with van der Waals surface area (Å²) in [4.78, 5) is 22.5. The lowest BCUT2D eigenvalue weighted by Gasteiger charge is -2.08. The second kappa shape index (κ2) is 8.47. The van der Waals surface area contributed by atoms with Crippen molar-refractivity contribution in [3.8, 4) is 0 Å². The molecule has 2 heterocycles. The van der Waals surface area contributed by atoms with Gasteiger partial charge in [-0.05, 0) is 44.0 Å². The molecule has 3 rings (SSSR count). The van der Waals surface area contributed by atoms with Gasteiger partial charge in [0.2, 0.25) is 0 Å². The van der Waals surface area contributed by atoms with Crippen LogP contribution in [0.3, 0.4) is 0 Å². The molecule has 2 aromatic heterocycles. The zero-order valence-corrected chi connectivity index (χ0v) is 15.8. The Morgan fingerprint density at radius 2 is 2.00 bits per heavy atom. The second-order valence-corrected chi connectivity index (χ2v) is 6.61. The van der Waals surface area contributed by atoms with Crippen molar-refractivity contribution in [3.63, 3.8) is 0 Å². The first-order valence-electron chi connectivity index (χ1n) is 8.97. The van der Waals surface area contributed by atoms with Crippen LogP contribution < -0.4 is 5.32 Å². The number of nitrogens with zero attached hydrogens (tertiary/aromatic N) is 5. The molecular formula is C19H22N6O3. The number of rotatable bonds is 8. The Bertz CT molecular complexity index is 974. The highest BCUT2D eigenvalue weighted by atomic mass is 16.6. The van der Waals surface area contributed by atoms with Crippen LogP contribution in [0.4, 0.5) is 5.69 Å². The third-order valence-electron chi connectivity index (χ3n) is 4.33. The number of hydrogen-bond donors (Lipinski definition) is 1. The largest absolute Gasteiger partial charge is 0.352 e. The summed E-state index contributed by atoms with van der Waals surface area (Å²) >= 11 is 0. The van der Waals surface area contributed by atoms with Gasteiger partial charge in [-0.15, -0.1) is 0 Å². The normalized spacial score (nSPS) is 10.8. The van der Waals surface area contributed by atoms with Crippen molar-refractivity contribution in [3.05, 3.63) is 75.4 Å². The minimum absolute atomic E-state index is 0.0449. The molecule has 0 bridgehead atoms. The van der Waals surface area contributed by atoms with Gasteiger partial charge in [0.1, 0.15) is 12.4 Å². The summed E-state index contributed by atoms with van der Waals surface area (Å²) < 4.78 is 3.43. The van der Waals surface area contributed by atoms with Crippen LogP contribution in [-0.4, -0.2) is 36.9 Å². The molecule has 3 aromatic rings. The van der Waals surface area contributed by atoms with Crippen LogP contribution in [0.15, 0.2) is 42.7 Å². The second-order valence-electron chi connectivity index (χ2n) is 6.61. The van der Waals surface area contributed by atoms with E-state index < -0.39 is 4.92 Å². The minimum Gasteiger partial charge on any atom is -0.352 e. The zero-order valence-electron chi connectivity index (χ0n) is 15.8. The topological polar surface area (TPSA) is 108 Å². The van der Waals surface area contributed by atoms with Crippen LogP contribution in [0.5, 0.6) is 0 Å². The first kappa shape index (κ1) is 19.3. The molecule has 0 atom stereocenters. The highest BCUT2D eigenvalue weighted by Gasteiger charge is 2.10. The lowest BCUT2D eigenvalue weighted by molar-refractivity contribution is -0.385. The van der Waals surface area contributed by atoms with Gasteiger partial charge in [0.15, 0.2) is 0 Å².